The second-order valence-electron chi connectivity index (χ2n) is 3.68. The topological polar surface area (TPSA) is 49.1 Å². The van der Waals surface area contributed by atoms with Crippen LogP contribution in [0.4, 0.5) is 5.82 Å². The van der Waals surface area contributed by atoms with Crippen LogP contribution in [-0.4, -0.2) is 31.8 Å². The predicted molar refractivity (Wildman–Crippen MR) is 71.0 cm³/mol. The lowest BCUT2D eigenvalue weighted by molar-refractivity contribution is 0.205. The Kier molecular flexibility index (Phi) is 5.95. The third-order valence-electron chi connectivity index (χ3n) is 2.38. The number of rotatable bonds is 6. The highest BCUT2D eigenvalue weighted by atomic mass is 79.9. The molecule has 0 aliphatic rings. The largest absolute Gasteiger partial charge is 0.383 e. The number of nitriles is 1. The number of nitrogens with zero attached hydrogens (tertiary/aromatic N) is 3. The molecule has 0 aliphatic carbocycles. The Morgan fingerprint density at radius 3 is 2.88 bits per heavy atom. The maximum Gasteiger partial charge on any atom is 0.131 e. The Bertz CT molecular complexity index is 403. The quantitative estimate of drug-likeness (QED) is 0.809. The lowest BCUT2D eigenvalue weighted by atomic mass is 10.2. The number of ether oxygens (including phenoxy) is 1. The first-order chi connectivity index (χ1) is 8.19. The summed E-state index contributed by atoms with van der Waals surface area (Å²) in [6.45, 7) is 4.06. The molecule has 0 saturated carbocycles. The maximum absolute atomic E-state index is 8.67. The van der Waals surface area contributed by atoms with Crippen molar-refractivity contribution in [1.29, 1.82) is 5.26 Å². The minimum atomic E-state index is 0.487. The SMILES string of the molecule is COCCN(CCC#N)c1ncc(Br)cc1C. The van der Waals surface area contributed by atoms with Crippen LogP contribution in [-0.2, 0) is 4.74 Å². The van der Waals surface area contributed by atoms with Crippen molar-refractivity contribution >= 4 is 21.7 Å². The van der Waals surface area contributed by atoms with Crippen LogP contribution in [0.3, 0.4) is 0 Å². The van der Waals surface area contributed by atoms with Crippen molar-refractivity contribution in [3.05, 3.63) is 22.3 Å². The van der Waals surface area contributed by atoms with Gasteiger partial charge >= 0.3 is 0 Å². The average molecular weight is 298 g/mol. The number of aryl methyl sites for hydroxylation is 1. The summed E-state index contributed by atoms with van der Waals surface area (Å²) in [6.07, 6.45) is 2.26. The van der Waals surface area contributed by atoms with Crippen molar-refractivity contribution in [2.24, 2.45) is 0 Å². The van der Waals surface area contributed by atoms with Crippen molar-refractivity contribution in [1.82, 2.24) is 4.98 Å². The molecule has 92 valence electrons. The number of hydrogen-bond donors (Lipinski definition) is 0. The molecule has 0 amide bonds. The van der Waals surface area contributed by atoms with Crippen LogP contribution in [0, 0.1) is 18.3 Å². The zero-order valence-electron chi connectivity index (χ0n) is 10.1. The van der Waals surface area contributed by atoms with E-state index in [1.54, 1.807) is 13.3 Å². The Labute approximate surface area is 110 Å². The summed E-state index contributed by atoms with van der Waals surface area (Å²) in [5, 5.41) is 8.67. The molecule has 17 heavy (non-hydrogen) atoms. The summed E-state index contributed by atoms with van der Waals surface area (Å²) >= 11 is 3.39. The molecule has 1 rings (SSSR count). The van der Waals surface area contributed by atoms with Crippen molar-refractivity contribution in [3.8, 4) is 6.07 Å². The molecule has 0 aromatic carbocycles. The molecule has 0 N–H and O–H groups in total. The molecule has 0 bridgehead atoms. The number of halogens is 1. The summed E-state index contributed by atoms with van der Waals surface area (Å²) < 4.78 is 6.04. The fraction of sp³-hybridized carbons (Fsp3) is 0.500. The predicted octanol–water partition coefficient (Wildman–Crippen LogP) is 2.52. The van der Waals surface area contributed by atoms with Gasteiger partial charge in [0.15, 0.2) is 0 Å². The molecule has 0 saturated heterocycles. The molecule has 0 spiro atoms. The van der Waals surface area contributed by atoms with Gasteiger partial charge in [0.25, 0.3) is 0 Å². The molecule has 0 fully saturated rings. The van der Waals surface area contributed by atoms with Gasteiger partial charge in [-0.05, 0) is 34.5 Å². The van der Waals surface area contributed by atoms with Gasteiger partial charge in [0.2, 0.25) is 0 Å². The maximum atomic E-state index is 8.67. The zero-order valence-corrected chi connectivity index (χ0v) is 11.7. The van der Waals surface area contributed by atoms with Crippen molar-refractivity contribution in [2.45, 2.75) is 13.3 Å². The first-order valence-electron chi connectivity index (χ1n) is 5.42. The van der Waals surface area contributed by atoms with E-state index in [1.165, 1.54) is 0 Å². The number of methoxy groups -OCH3 is 1. The van der Waals surface area contributed by atoms with E-state index in [-0.39, 0.29) is 0 Å². The molecular formula is C12H16BrN3O. The van der Waals surface area contributed by atoms with Crippen LogP contribution in [0.1, 0.15) is 12.0 Å². The molecule has 1 aromatic heterocycles. The van der Waals surface area contributed by atoms with Gasteiger partial charge in [-0.15, -0.1) is 0 Å². The monoisotopic (exact) mass is 297 g/mol. The van der Waals surface area contributed by atoms with Crippen molar-refractivity contribution < 1.29 is 4.74 Å². The van der Waals surface area contributed by atoms with Crippen LogP contribution in [0.25, 0.3) is 0 Å². The van der Waals surface area contributed by atoms with E-state index in [4.69, 9.17) is 10.00 Å². The van der Waals surface area contributed by atoms with E-state index in [9.17, 15) is 0 Å². The molecule has 4 nitrogen and oxygen atoms in total. The summed E-state index contributed by atoms with van der Waals surface area (Å²) in [4.78, 5) is 6.48. The third kappa shape index (κ3) is 4.33. The molecule has 5 heteroatoms. The second-order valence-corrected chi connectivity index (χ2v) is 4.60. The number of anilines is 1. The molecular weight excluding hydrogens is 282 g/mol. The summed E-state index contributed by atoms with van der Waals surface area (Å²) in [6, 6.07) is 4.18. The van der Waals surface area contributed by atoms with Crippen LogP contribution < -0.4 is 4.90 Å². The summed E-state index contributed by atoms with van der Waals surface area (Å²) in [5.41, 5.74) is 1.09. The van der Waals surface area contributed by atoms with Gasteiger partial charge in [-0.3, -0.25) is 0 Å². The molecule has 1 aromatic rings. The molecule has 0 radical (unpaired) electrons. The summed E-state index contributed by atoms with van der Waals surface area (Å²) in [5.74, 6) is 0.917. The highest BCUT2D eigenvalue weighted by molar-refractivity contribution is 9.10. The molecule has 0 unspecified atom stereocenters. The highest BCUT2D eigenvalue weighted by Crippen LogP contribution is 2.20. The lowest BCUT2D eigenvalue weighted by Gasteiger charge is -2.23. The van der Waals surface area contributed by atoms with Crippen LogP contribution in [0.15, 0.2) is 16.7 Å². The van der Waals surface area contributed by atoms with E-state index >= 15 is 0 Å². The standard InChI is InChI=1S/C12H16BrN3O/c1-10-8-11(13)9-15-12(10)16(5-3-4-14)6-7-17-2/h8-9H,3,5-7H2,1-2H3. The zero-order chi connectivity index (χ0) is 12.7. The van der Waals surface area contributed by atoms with Gasteiger partial charge in [-0.25, -0.2) is 4.98 Å². The van der Waals surface area contributed by atoms with E-state index < -0.39 is 0 Å². The highest BCUT2D eigenvalue weighted by Gasteiger charge is 2.10. The Morgan fingerprint density at radius 2 is 2.29 bits per heavy atom. The number of hydrogen-bond acceptors (Lipinski definition) is 4. The summed E-state index contributed by atoms with van der Waals surface area (Å²) in [7, 11) is 1.67. The van der Waals surface area contributed by atoms with Crippen molar-refractivity contribution in [2.75, 3.05) is 31.7 Å². The van der Waals surface area contributed by atoms with Gasteiger partial charge in [0.05, 0.1) is 19.1 Å². The lowest BCUT2D eigenvalue weighted by Crippen LogP contribution is -2.29. The first-order valence-corrected chi connectivity index (χ1v) is 6.21. The molecule has 1 heterocycles. The molecule has 0 aliphatic heterocycles. The van der Waals surface area contributed by atoms with Gasteiger partial charge in [0, 0.05) is 30.9 Å². The van der Waals surface area contributed by atoms with Gasteiger partial charge in [-0.1, -0.05) is 0 Å². The fourth-order valence-corrected chi connectivity index (χ4v) is 2.02. The van der Waals surface area contributed by atoms with Gasteiger partial charge in [0.1, 0.15) is 5.82 Å². The number of aromatic nitrogens is 1. The molecule has 0 atom stereocenters. The number of pyridine rings is 1. The third-order valence-corrected chi connectivity index (χ3v) is 2.81. The van der Waals surface area contributed by atoms with E-state index in [0.29, 0.717) is 19.6 Å². The fourth-order valence-electron chi connectivity index (χ4n) is 1.57. The smallest absolute Gasteiger partial charge is 0.131 e. The second kappa shape index (κ2) is 7.25. The minimum absolute atomic E-state index is 0.487. The van der Waals surface area contributed by atoms with Crippen LogP contribution in [0.5, 0.6) is 0 Å². The van der Waals surface area contributed by atoms with Gasteiger partial charge in [-0.2, -0.15) is 5.26 Å². The Balaban J connectivity index is 2.83. The van der Waals surface area contributed by atoms with E-state index in [2.05, 4.69) is 31.9 Å². The van der Waals surface area contributed by atoms with Gasteiger partial charge < -0.3 is 9.64 Å². The van der Waals surface area contributed by atoms with E-state index in [1.807, 2.05) is 13.0 Å². The van der Waals surface area contributed by atoms with Crippen LogP contribution in [0.2, 0.25) is 0 Å². The Hall–Kier alpha value is -1.12. The normalized spacial score (nSPS) is 10.0. The van der Waals surface area contributed by atoms with Crippen molar-refractivity contribution in [3.63, 3.8) is 0 Å². The minimum Gasteiger partial charge on any atom is -0.383 e. The Morgan fingerprint density at radius 1 is 1.53 bits per heavy atom. The van der Waals surface area contributed by atoms with Crippen LogP contribution >= 0.6 is 15.9 Å². The van der Waals surface area contributed by atoms with E-state index in [0.717, 1.165) is 22.4 Å². The first kappa shape index (κ1) is 13.9. The average Bonchev–Trinajstić information content (AvgIpc) is 2.30.